The predicted octanol–water partition coefficient (Wildman–Crippen LogP) is 4.43. The van der Waals surface area contributed by atoms with Crippen molar-refractivity contribution in [2.75, 3.05) is 36.9 Å². The van der Waals surface area contributed by atoms with E-state index in [1.807, 2.05) is 18.2 Å². The number of anilines is 1. The summed E-state index contributed by atoms with van der Waals surface area (Å²) in [5.41, 5.74) is 2.52. The van der Waals surface area contributed by atoms with Crippen LogP contribution in [-0.2, 0) is 0 Å². The number of hydrogen-bond acceptors (Lipinski definition) is 4. The van der Waals surface area contributed by atoms with Gasteiger partial charge in [-0.1, -0.05) is 12.1 Å². The van der Waals surface area contributed by atoms with E-state index in [9.17, 15) is 4.79 Å². The smallest absolute Gasteiger partial charge is 0.335 e. The number of halogens is 2. The van der Waals surface area contributed by atoms with Crippen molar-refractivity contribution in [1.82, 2.24) is 0 Å². The Morgan fingerprint density at radius 1 is 1.19 bits per heavy atom. The SMILES string of the molecule is COc1cc(C=Nc2cccc(C(=O)O)c2)ccc1N(CCCl)CCCl. The summed E-state index contributed by atoms with van der Waals surface area (Å²) >= 11 is 11.7. The van der Waals surface area contributed by atoms with E-state index in [2.05, 4.69) is 9.89 Å². The van der Waals surface area contributed by atoms with Crippen molar-refractivity contribution in [3.05, 3.63) is 53.6 Å². The summed E-state index contributed by atoms with van der Waals surface area (Å²) in [5.74, 6) is 0.696. The predicted molar refractivity (Wildman–Crippen MR) is 107 cm³/mol. The normalized spacial score (nSPS) is 10.9. The molecule has 7 heteroatoms. The summed E-state index contributed by atoms with van der Waals surface area (Å²) in [7, 11) is 1.61. The third kappa shape index (κ3) is 5.38. The van der Waals surface area contributed by atoms with Crippen LogP contribution in [0.4, 0.5) is 11.4 Å². The first-order valence-electron chi connectivity index (χ1n) is 8.01. The van der Waals surface area contributed by atoms with E-state index in [4.69, 9.17) is 33.0 Å². The molecule has 2 rings (SSSR count). The zero-order valence-electron chi connectivity index (χ0n) is 14.4. The van der Waals surface area contributed by atoms with E-state index < -0.39 is 5.97 Å². The maximum atomic E-state index is 11.0. The summed E-state index contributed by atoms with van der Waals surface area (Å²) in [5, 5.41) is 9.04. The monoisotopic (exact) mass is 394 g/mol. The molecule has 0 unspecified atom stereocenters. The fourth-order valence-corrected chi connectivity index (χ4v) is 2.87. The Labute approximate surface area is 162 Å². The van der Waals surface area contributed by atoms with Gasteiger partial charge in [-0.05, 0) is 35.9 Å². The van der Waals surface area contributed by atoms with E-state index in [0.29, 0.717) is 36.3 Å². The van der Waals surface area contributed by atoms with Gasteiger partial charge in [0, 0.05) is 31.1 Å². The number of ether oxygens (including phenoxy) is 1. The molecule has 5 nitrogen and oxygen atoms in total. The molecule has 138 valence electrons. The van der Waals surface area contributed by atoms with Gasteiger partial charge in [-0.15, -0.1) is 23.2 Å². The minimum Gasteiger partial charge on any atom is -0.495 e. The lowest BCUT2D eigenvalue weighted by molar-refractivity contribution is 0.0697. The van der Waals surface area contributed by atoms with Crippen LogP contribution in [-0.4, -0.2) is 49.2 Å². The molecular formula is C19H20Cl2N2O3. The van der Waals surface area contributed by atoms with Crippen LogP contribution >= 0.6 is 23.2 Å². The van der Waals surface area contributed by atoms with E-state index in [1.54, 1.807) is 25.5 Å². The lowest BCUT2D eigenvalue weighted by atomic mass is 10.1. The third-order valence-electron chi connectivity index (χ3n) is 3.71. The molecule has 0 spiro atoms. The fourth-order valence-electron chi connectivity index (χ4n) is 2.46. The van der Waals surface area contributed by atoms with Crippen molar-refractivity contribution in [2.24, 2.45) is 4.99 Å². The van der Waals surface area contributed by atoms with Crippen molar-refractivity contribution in [1.29, 1.82) is 0 Å². The van der Waals surface area contributed by atoms with Gasteiger partial charge in [0.1, 0.15) is 5.75 Å². The van der Waals surface area contributed by atoms with Gasteiger partial charge < -0.3 is 14.7 Å². The van der Waals surface area contributed by atoms with Gasteiger partial charge in [-0.25, -0.2) is 4.79 Å². The number of carbonyl (C=O) groups is 1. The molecule has 0 fully saturated rings. The fraction of sp³-hybridized carbons (Fsp3) is 0.263. The molecule has 0 aliphatic rings. The van der Waals surface area contributed by atoms with Gasteiger partial charge >= 0.3 is 5.97 Å². The highest BCUT2D eigenvalue weighted by Gasteiger charge is 2.11. The number of alkyl halides is 2. The van der Waals surface area contributed by atoms with Crippen molar-refractivity contribution in [3.8, 4) is 5.75 Å². The highest BCUT2D eigenvalue weighted by molar-refractivity contribution is 6.18. The first-order chi connectivity index (χ1) is 12.6. The maximum Gasteiger partial charge on any atom is 0.335 e. The second-order valence-electron chi connectivity index (χ2n) is 5.41. The molecule has 2 aromatic rings. The quantitative estimate of drug-likeness (QED) is 0.504. The van der Waals surface area contributed by atoms with Crippen LogP contribution in [0.3, 0.4) is 0 Å². The molecule has 0 amide bonds. The number of nitrogens with zero attached hydrogens (tertiary/aromatic N) is 2. The maximum absolute atomic E-state index is 11.0. The van der Waals surface area contributed by atoms with Crippen LogP contribution in [0.1, 0.15) is 15.9 Å². The molecule has 0 bridgehead atoms. The van der Waals surface area contributed by atoms with Crippen LogP contribution in [0.2, 0.25) is 0 Å². The molecule has 26 heavy (non-hydrogen) atoms. The summed E-state index contributed by atoms with van der Waals surface area (Å²) < 4.78 is 5.50. The average Bonchev–Trinajstić information content (AvgIpc) is 2.66. The zero-order chi connectivity index (χ0) is 18.9. The van der Waals surface area contributed by atoms with Crippen LogP contribution in [0.15, 0.2) is 47.5 Å². The first kappa shape index (κ1) is 20.1. The Kier molecular flexibility index (Phi) is 7.75. The Morgan fingerprint density at radius 2 is 1.92 bits per heavy atom. The Morgan fingerprint density at radius 3 is 2.54 bits per heavy atom. The highest BCUT2D eigenvalue weighted by Crippen LogP contribution is 2.29. The highest BCUT2D eigenvalue weighted by atomic mass is 35.5. The third-order valence-corrected chi connectivity index (χ3v) is 4.05. The second-order valence-corrected chi connectivity index (χ2v) is 6.17. The summed E-state index contributed by atoms with van der Waals surface area (Å²) in [6.07, 6.45) is 1.67. The molecule has 0 radical (unpaired) electrons. The van der Waals surface area contributed by atoms with E-state index >= 15 is 0 Å². The number of carboxylic acid groups (broad SMARTS) is 1. The van der Waals surface area contributed by atoms with E-state index in [0.717, 1.165) is 11.3 Å². The van der Waals surface area contributed by atoms with Crippen LogP contribution in [0.5, 0.6) is 5.75 Å². The number of aromatic carboxylic acids is 1. The van der Waals surface area contributed by atoms with Crippen molar-refractivity contribution in [3.63, 3.8) is 0 Å². The standard InChI is InChI=1S/C19H20Cl2N2O3/c1-26-18-11-14(5-6-17(18)23(9-7-20)10-8-21)13-22-16-4-2-3-15(12-16)19(24)25/h2-6,11-13H,7-10H2,1H3,(H,24,25). The number of rotatable bonds is 9. The summed E-state index contributed by atoms with van der Waals surface area (Å²) in [6, 6.07) is 12.2. The largest absolute Gasteiger partial charge is 0.495 e. The Bertz CT molecular complexity index is 775. The topological polar surface area (TPSA) is 62.1 Å². The van der Waals surface area contributed by atoms with Crippen molar-refractivity contribution < 1.29 is 14.6 Å². The van der Waals surface area contributed by atoms with Crippen LogP contribution < -0.4 is 9.64 Å². The average molecular weight is 395 g/mol. The lowest BCUT2D eigenvalue weighted by Gasteiger charge is -2.25. The summed E-state index contributed by atoms with van der Waals surface area (Å²) in [6.45, 7) is 1.33. The van der Waals surface area contributed by atoms with Gasteiger partial charge in [0.15, 0.2) is 0 Å². The van der Waals surface area contributed by atoms with Gasteiger partial charge in [-0.3, -0.25) is 4.99 Å². The van der Waals surface area contributed by atoms with E-state index in [1.165, 1.54) is 12.1 Å². The minimum atomic E-state index is -0.980. The molecule has 0 aliphatic heterocycles. The van der Waals surface area contributed by atoms with Gasteiger partial charge in [-0.2, -0.15) is 0 Å². The molecule has 0 heterocycles. The first-order valence-corrected chi connectivity index (χ1v) is 9.08. The number of hydrogen-bond donors (Lipinski definition) is 1. The Hall–Kier alpha value is -2.24. The molecule has 0 aliphatic carbocycles. The molecule has 0 aromatic heterocycles. The molecule has 0 atom stereocenters. The molecule has 2 aromatic carbocycles. The number of benzene rings is 2. The van der Waals surface area contributed by atoms with Crippen LogP contribution in [0.25, 0.3) is 0 Å². The van der Waals surface area contributed by atoms with Gasteiger partial charge in [0.2, 0.25) is 0 Å². The zero-order valence-corrected chi connectivity index (χ0v) is 15.9. The summed E-state index contributed by atoms with van der Waals surface area (Å²) in [4.78, 5) is 17.4. The lowest BCUT2D eigenvalue weighted by Crippen LogP contribution is -2.28. The van der Waals surface area contributed by atoms with E-state index in [-0.39, 0.29) is 5.56 Å². The number of methoxy groups -OCH3 is 1. The van der Waals surface area contributed by atoms with Crippen molar-refractivity contribution >= 4 is 46.8 Å². The number of aliphatic imine (C=N–C) groups is 1. The second kappa shape index (κ2) is 10.0. The van der Waals surface area contributed by atoms with Gasteiger partial charge in [0.25, 0.3) is 0 Å². The van der Waals surface area contributed by atoms with Crippen LogP contribution in [0, 0.1) is 0 Å². The molecular weight excluding hydrogens is 375 g/mol. The van der Waals surface area contributed by atoms with Crippen molar-refractivity contribution in [2.45, 2.75) is 0 Å². The minimum absolute atomic E-state index is 0.199. The Balaban J connectivity index is 2.25. The molecule has 0 saturated carbocycles. The molecule has 0 saturated heterocycles. The number of carboxylic acids is 1. The molecule has 1 N–H and O–H groups in total. The van der Waals surface area contributed by atoms with Gasteiger partial charge in [0.05, 0.1) is 24.0 Å².